The van der Waals surface area contributed by atoms with Crippen molar-refractivity contribution in [3.63, 3.8) is 0 Å². The van der Waals surface area contributed by atoms with Crippen LogP contribution in [0.15, 0.2) is 30.3 Å². The number of nitrogens with one attached hydrogen (secondary N) is 4. The molecule has 0 saturated carbocycles. The molecule has 4 amide bonds. The standard InChI is InChI=1S/C20H28N4O6/c1-3-17(26)21-11-19(28)24-16(9-15-7-5-4-6-8-15)20(29)22-10-18(27)23-13-30-12-14(2)25/h4-8,16H,3,9-13H2,1-2H3,(H,21,26)(H,22,29)(H,23,27)(H,24,28). The molecule has 0 fully saturated rings. The van der Waals surface area contributed by atoms with Crippen LogP contribution in [0.4, 0.5) is 0 Å². The zero-order valence-corrected chi connectivity index (χ0v) is 17.2. The molecule has 30 heavy (non-hydrogen) atoms. The van der Waals surface area contributed by atoms with Gasteiger partial charge in [-0.25, -0.2) is 0 Å². The van der Waals surface area contributed by atoms with Gasteiger partial charge in [0.1, 0.15) is 19.4 Å². The number of carbonyl (C=O) groups excluding carboxylic acids is 5. The Morgan fingerprint density at radius 2 is 1.57 bits per heavy atom. The number of benzene rings is 1. The van der Waals surface area contributed by atoms with Crippen molar-refractivity contribution in [2.75, 3.05) is 26.4 Å². The lowest BCUT2D eigenvalue weighted by Gasteiger charge is -2.19. The molecule has 4 N–H and O–H groups in total. The molecule has 0 saturated heterocycles. The highest BCUT2D eigenvalue weighted by atomic mass is 16.5. The summed E-state index contributed by atoms with van der Waals surface area (Å²) < 4.78 is 4.92. The van der Waals surface area contributed by atoms with Crippen LogP contribution in [0.25, 0.3) is 0 Å². The van der Waals surface area contributed by atoms with Crippen molar-refractivity contribution in [2.45, 2.75) is 32.7 Å². The average molecular weight is 420 g/mol. The second-order valence-corrected chi connectivity index (χ2v) is 6.45. The number of Topliss-reactive ketones (excluding diaryl/α,β-unsaturated/α-hetero) is 1. The molecule has 10 heteroatoms. The Labute approximate surface area is 175 Å². The fraction of sp³-hybridized carbons (Fsp3) is 0.450. The van der Waals surface area contributed by atoms with Crippen molar-refractivity contribution < 1.29 is 28.7 Å². The molecule has 10 nitrogen and oxygen atoms in total. The third-order valence-electron chi connectivity index (χ3n) is 3.80. The second kappa shape index (κ2) is 13.8. The van der Waals surface area contributed by atoms with Crippen LogP contribution in [0.5, 0.6) is 0 Å². The van der Waals surface area contributed by atoms with E-state index in [1.165, 1.54) is 6.92 Å². The van der Waals surface area contributed by atoms with Crippen LogP contribution in [0.3, 0.4) is 0 Å². The van der Waals surface area contributed by atoms with Crippen LogP contribution in [0, 0.1) is 0 Å². The molecular formula is C20H28N4O6. The van der Waals surface area contributed by atoms with Gasteiger partial charge < -0.3 is 26.0 Å². The van der Waals surface area contributed by atoms with Gasteiger partial charge >= 0.3 is 0 Å². The molecule has 1 atom stereocenters. The first-order valence-electron chi connectivity index (χ1n) is 9.53. The first kappa shape index (κ1) is 24.8. The second-order valence-electron chi connectivity index (χ2n) is 6.45. The molecule has 0 heterocycles. The maximum absolute atomic E-state index is 12.5. The Kier molecular flexibility index (Phi) is 11.4. The third kappa shape index (κ3) is 10.9. The van der Waals surface area contributed by atoms with Crippen LogP contribution in [-0.2, 0) is 35.1 Å². The van der Waals surface area contributed by atoms with Crippen LogP contribution < -0.4 is 21.3 Å². The predicted octanol–water partition coefficient (Wildman–Crippen LogP) is -0.964. The Balaban J connectivity index is 2.58. The molecular weight excluding hydrogens is 392 g/mol. The molecule has 0 aliphatic rings. The van der Waals surface area contributed by atoms with Crippen molar-refractivity contribution in [3.8, 4) is 0 Å². The van der Waals surface area contributed by atoms with E-state index in [9.17, 15) is 24.0 Å². The molecule has 0 spiro atoms. The summed E-state index contributed by atoms with van der Waals surface area (Å²) in [5.74, 6) is -2.03. The van der Waals surface area contributed by atoms with Crippen molar-refractivity contribution in [1.29, 1.82) is 0 Å². The van der Waals surface area contributed by atoms with Crippen molar-refractivity contribution >= 4 is 29.4 Å². The van der Waals surface area contributed by atoms with Crippen LogP contribution in [0.2, 0.25) is 0 Å². The molecule has 1 aromatic carbocycles. The molecule has 1 unspecified atom stereocenters. The summed E-state index contributed by atoms with van der Waals surface area (Å²) in [5, 5.41) is 9.87. The smallest absolute Gasteiger partial charge is 0.243 e. The molecule has 1 aromatic rings. The summed E-state index contributed by atoms with van der Waals surface area (Å²) >= 11 is 0. The number of ketones is 1. The molecule has 1 rings (SSSR count). The van der Waals surface area contributed by atoms with Gasteiger partial charge in [0.25, 0.3) is 0 Å². The predicted molar refractivity (Wildman–Crippen MR) is 108 cm³/mol. The summed E-state index contributed by atoms with van der Waals surface area (Å²) in [6, 6.07) is 8.13. The van der Waals surface area contributed by atoms with E-state index in [2.05, 4.69) is 21.3 Å². The van der Waals surface area contributed by atoms with E-state index >= 15 is 0 Å². The van der Waals surface area contributed by atoms with Gasteiger partial charge in [-0.2, -0.15) is 0 Å². The number of hydrogen-bond donors (Lipinski definition) is 4. The van der Waals surface area contributed by atoms with E-state index in [4.69, 9.17) is 4.74 Å². The van der Waals surface area contributed by atoms with Crippen LogP contribution in [-0.4, -0.2) is 61.9 Å². The Bertz CT molecular complexity index is 738. The molecule has 0 aliphatic heterocycles. The van der Waals surface area contributed by atoms with Crippen LogP contribution in [0.1, 0.15) is 25.8 Å². The van der Waals surface area contributed by atoms with Crippen molar-refractivity contribution in [1.82, 2.24) is 21.3 Å². The quantitative estimate of drug-likeness (QED) is 0.239. The topological polar surface area (TPSA) is 143 Å². The zero-order chi connectivity index (χ0) is 22.4. The van der Waals surface area contributed by atoms with E-state index in [1.807, 2.05) is 30.3 Å². The van der Waals surface area contributed by atoms with E-state index in [1.54, 1.807) is 6.92 Å². The van der Waals surface area contributed by atoms with Gasteiger partial charge in [-0.15, -0.1) is 0 Å². The summed E-state index contributed by atoms with van der Waals surface area (Å²) in [5.41, 5.74) is 0.817. The number of ether oxygens (including phenoxy) is 1. The van der Waals surface area contributed by atoms with Gasteiger partial charge in [-0.3, -0.25) is 24.0 Å². The fourth-order valence-electron chi connectivity index (χ4n) is 2.29. The normalized spacial score (nSPS) is 11.1. The number of carbonyl (C=O) groups is 5. The third-order valence-corrected chi connectivity index (χ3v) is 3.80. The highest BCUT2D eigenvalue weighted by Crippen LogP contribution is 2.03. The van der Waals surface area contributed by atoms with Crippen molar-refractivity contribution in [2.24, 2.45) is 0 Å². The molecule has 0 aliphatic carbocycles. The first-order chi connectivity index (χ1) is 14.3. The summed E-state index contributed by atoms with van der Waals surface area (Å²) in [6.45, 7) is 2.17. The van der Waals surface area contributed by atoms with Gasteiger partial charge in [0.2, 0.25) is 23.6 Å². The van der Waals surface area contributed by atoms with Gasteiger partial charge in [0, 0.05) is 12.8 Å². The van der Waals surface area contributed by atoms with E-state index in [0.29, 0.717) is 0 Å². The minimum atomic E-state index is -0.930. The number of hydrogen-bond acceptors (Lipinski definition) is 6. The minimum absolute atomic E-state index is 0.119. The molecule has 0 radical (unpaired) electrons. The lowest BCUT2D eigenvalue weighted by molar-refractivity contribution is -0.131. The fourth-order valence-corrected chi connectivity index (χ4v) is 2.29. The Morgan fingerprint density at radius 3 is 2.20 bits per heavy atom. The van der Waals surface area contributed by atoms with Crippen LogP contribution >= 0.6 is 0 Å². The molecule has 164 valence electrons. The number of rotatable bonds is 13. The Hall–Kier alpha value is -3.27. The van der Waals surface area contributed by atoms with Crippen molar-refractivity contribution in [3.05, 3.63) is 35.9 Å². The zero-order valence-electron chi connectivity index (χ0n) is 17.2. The Morgan fingerprint density at radius 1 is 0.900 bits per heavy atom. The maximum atomic E-state index is 12.5. The summed E-state index contributed by atoms with van der Waals surface area (Å²) in [4.78, 5) is 58.5. The van der Waals surface area contributed by atoms with Gasteiger partial charge in [-0.1, -0.05) is 37.3 Å². The lowest BCUT2D eigenvalue weighted by Crippen LogP contribution is -2.52. The summed E-state index contributed by atoms with van der Waals surface area (Å²) in [6.07, 6.45) is 0.454. The lowest BCUT2D eigenvalue weighted by atomic mass is 10.1. The highest BCUT2D eigenvalue weighted by molar-refractivity contribution is 5.92. The first-order valence-corrected chi connectivity index (χ1v) is 9.53. The van der Waals surface area contributed by atoms with E-state index in [0.717, 1.165) is 5.56 Å². The van der Waals surface area contributed by atoms with E-state index < -0.39 is 23.8 Å². The molecule has 0 bridgehead atoms. The van der Waals surface area contributed by atoms with Gasteiger partial charge in [0.15, 0.2) is 5.78 Å². The SMILES string of the molecule is CCC(=O)NCC(=O)NC(Cc1ccccc1)C(=O)NCC(=O)NCOCC(C)=O. The van der Waals surface area contributed by atoms with E-state index in [-0.39, 0.29) is 51.0 Å². The molecule has 0 aromatic heterocycles. The van der Waals surface area contributed by atoms with Gasteiger partial charge in [-0.05, 0) is 12.5 Å². The average Bonchev–Trinajstić information content (AvgIpc) is 2.73. The van der Waals surface area contributed by atoms with Gasteiger partial charge in [0.05, 0.1) is 13.1 Å². The minimum Gasteiger partial charge on any atom is -0.354 e. The summed E-state index contributed by atoms with van der Waals surface area (Å²) in [7, 11) is 0. The highest BCUT2D eigenvalue weighted by Gasteiger charge is 2.22. The number of amides is 4. The largest absolute Gasteiger partial charge is 0.354 e. The monoisotopic (exact) mass is 420 g/mol. The maximum Gasteiger partial charge on any atom is 0.243 e.